The number of carbonyl (C=O) groups excluding carboxylic acids is 2. The molecule has 1 saturated heterocycles. The third-order valence-electron chi connectivity index (χ3n) is 6.23. The zero-order chi connectivity index (χ0) is 21.5. The van der Waals surface area contributed by atoms with Gasteiger partial charge in [-0.15, -0.1) is 0 Å². The Morgan fingerprint density at radius 3 is 2.42 bits per heavy atom. The van der Waals surface area contributed by atoms with Crippen LogP contribution in [-0.2, 0) is 17.6 Å². The summed E-state index contributed by atoms with van der Waals surface area (Å²) in [4.78, 5) is 37.5. The van der Waals surface area contributed by atoms with Gasteiger partial charge in [0, 0.05) is 44.9 Å². The summed E-state index contributed by atoms with van der Waals surface area (Å²) in [6, 6.07) is 8.31. The number of aryl methyl sites for hydroxylation is 2. The second-order valence-electron chi connectivity index (χ2n) is 8.05. The molecule has 31 heavy (non-hydrogen) atoms. The summed E-state index contributed by atoms with van der Waals surface area (Å²) in [5, 5.41) is 4.43. The summed E-state index contributed by atoms with van der Waals surface area (Å²) >= 11 is 0. The lowest BCUT2D eigenvalue weighted by Crippen LogP contribution is -2.50. The lowest BCUT2D eigenvalue weighted by molar-refractivity contribution is -0.130. The fourth-order valence-corrected chi connectivity index (χ4v) is 4.37. The minimum absolute atomic E-state index is 0.0437. The van der Waals surface area contributed by atoms with Crippen LogP contribution < -0.4 is 0 Å². The fraction of sp³-hybridized carbons (Fsp3) is 0.348. The molecular formula is C23H24N6O2. The summed E-state index contributed by atoms with van der Waals surface area (Å²) in [6.07, 6.45) is 5.37. The number of hydrogen-bond donors (Lipinski definition) is 0. The Labute approximate surface area is 180 Å². The van der Waals surface area contributed by atoms with Gasteiger partial charge in [-0.3, -0.25) is 9.59 Å². The number of aromatic nitrogens is 4. The van der Waals surface area contributed by atoms with Gasteiger partial charge in [0.25, 0.3) is 11.9 Å². The molecule has 2 aromatic heterocycles. The highest BCUT2D eigenvalue weighted by molar-refractivity contribution is 5.95. The van der Waals surface area contributed by atoms with Gasteiger partial charge in [0.2, 0.25) is 5.91 Å². The molecule has 0 saturated carbocycles. The molecule has 0 bridgehead atoms. The molecule has 2 amide bonds. The summed E-state index contributed by atoms with van der Waals surface area (Å²) < 4.78 is 1.64. The van der Waals surface area contributed by atoms with Crippen molar-refractivity contribution in [3.05, 3.63) is 59.0 Å². The lowest BCUT2D eigenvalue weighted by atomic mass is 9.90. The predicted molar refractivity (Wildman–Crippen MR) is 115 cm³/mol. The van der Waals surface area contributed by atoms with Crippen molar-refractivity contribution in [3.8, 4) is 17.2 Å². The van der Waals surface area contributed by atoms with E-state index in [1.807, 2.05) is 19.2 Å². The van der Waals surface area contributed by atoms with Crippen molar-refractivity contribution in [2.24, 2.45) is 0 Å². The van der Waals surface area contributed by atoms with E-state index in [4.69, 9.17) is 4.98 Å². The fourth-order valence-electron chi connectivity index (χ4n) is 4.37. The molecular weight excluding hydrogens is 392 g/mol. The molecule has 158 valence electrons. The maximum absolute atomic E-state index is 13.1. The maximum atomic E-state index is 13.1. The lowest BCUT2D eigenvalue weighted by Gasteiger charge is -2.34. The van der Waals surface area contributed by atoms with E-state index in [1.165, 1.54) is 5.56 Å². The second-order valence-corrected chi connectivity index (χ2v) is 8.05. The molecule has 8 heteroatoms. The Morgan fingerprint density at radius 2 is 1.65 bits per heavy atom. The average molecular weight is 416 g/mol. The van der Waals surface area contributed by atoms with Crippen molar-refractivity contribution in [1.82, 2.24) is 29.5 Å². The van der Waals surface area contributed by atoms with Gasteiger partial charge in [0.05, 0.1) is 23.1 Å². The van der Waals surface area contributed by atoms with E-state index >= 15 is 0 Å². The van der Waals surface area contributed by atoms with Crippen LogP contribution in [-0.4, -0.2) is 67.5 Å². The van der Waals surface area contributed by atoms with Crippen LogP contribution in [0, 0.1) is 6.92 Å². The van der Waals surface area contributed by atoms with Crippen molar-refractivity contribution >= 4 is 11.8 Å². The topological polar surface area (TPSA) is 84.2 Å². The highest BCUT2D eigenvalue weighted by Crippen LogP contribution is 2.31. The number of amides is 2. The molecule has 1 fully saturated rings. The molecule has 1 aromatic carbocycles. The molecule has 2 aliphatic rings. The Morgan fingerprint density at radius 1 is 0.935 bits per heavy atom. The van der Waals surface area contributed by atoms with E-state index in [9.17, 15) is 9.59 Å². The molecule has 0 spiro atoms. The van der Waals surface area contributed by atoms with Crippen LogP contribution in [0.3, 0.4) is 0 Å². The number of carbonyl (C=O) groups is 2. The Bertz CT molecular complexity index is 1180. The van der Waals surface area contributed by atoms with E-state index in [0.29, 0.717) is 43.4 Å². The highest BCUT2D eigenvalue weighted by atomic mass is 16.2. The van der Waals surface area contributed by atoms with Gasteiger partial charge < -0.3 is 9.80 Å². The summed E-state index contributed by atoms with van der Waals surface area (Å²) in [5.41, 5.74) is 5.75. The van der Waals surface area contributed by atoms with Crippen LogP contribution in [0.2, 0.25) is 0 Å². The quantitative estimate of drug-likeness (QED) is 0.638. The van der Waals surface area contributed by atoms with E-state index in [1.54, 1.807) is 27.6 Å². The van der Waals surface area contributed by atoms with Gasteiger partial charge in [-0.05, 0) is 30.9 Å². The van der Waals surface area contributed by atoms with Crippen LogP contribution in [0.5, 0.6) is 0 Å². The van der Waals surface area contributed by atoms with E-state index in [0.717, 1.165) is 29.7 Å². The van der Waals surface area contributed by atoms with Gasteiger partial charge in [-0.2, -0.15) is 5.10 Å². The van der Waals surface area contributed by atoms with Crippen molar-refractivity contribution in [2.75, 3.05) is 26.2 Å². The van der Waals surface area contributed by atoms with Crippen molar-refractivity contribution in [3.63, 3.8) is 0 Å². The number of fused-ring (bicyclic) bond motifs is 3. The number of benzene rings is 1. The Hall–Kier alpha value is -3.55. The minimum Gasteiger partial charge on any atom is -0.339 e. The summed E-state index contributed by atoms with van der Waals surface area (Å²) in [7, 11) is 0. The number of hydrogen-bond acceptors (Lipinski definition) is 5. The molecule has 8 nitrogen and oxygen atoms in total. The molecule has 5 rings (SSSR count). The monoisotopic (exact) mass is 416 g/mol. The first-order chi connectivity index (χ1) is 15.0. The third-order valence-corrected chi connectivity index (χ3v) is 6.23. The first-order valence-corrected chi connectivity index (χ1v) is 10.6. The van der Waals surface area contributed by atoms with Crippen LogP contribution in [0.1, 0.15) is 34.1 Å². The van der Waals surface area contributed by atoms with Crippen LogP contribution in [0.4, 0.5) is 0 Å². The van der Waals surface area contributed by atoms with Gasteiger partial charge >= 0.3 is 0 Å². The molecule has 3 heterocycles. The van der Waals surface area contributed by atoms with Crippen molar-refractivity contribution in [2.45, 2.75) is 26.7 Å². The van der Waals surface area contributed by atoms with E-state index in [-0.39, 0.29) is 11.8 Å². The first kappa shape index (κ1) is 19.4. The number of piperazine rings is 1. The van der Waals surface area contributed by atoms with Crippen LogP contribution in [0.25, 0.3) is 17.2 Å². The molecule has 0 unspecified atom stereocenters. The molecule has 3 aromatic rings. The number of rotatable bonds is 2. The summed E-state index contributed by atoms with van der Waals surface area (Å²) in [5.74, 6) is 0.436. The van der Waals surface area contributed by atoms with Gasteiger partial charge in [0.1, 0.15) is 0 Å². The largest absolute Gasteiger partial charge is 0.339 e. The number of nitrogens with zero attached hydrogens (tertiary/aromatic N) is 6. The Balaban J connectivity index is 1.43. The molecule has 1 aliphatic heterocycles. The third kappa shape index (κ3) is 3.37. The van der Waals surface area contributed by atoms with Gasteiger partial charge in [-0.1, -0.05) is 24.3 Å². The molecule has 1 aliphatic carbocycles. The van der Waals surface area contributed by atoms with E-state index < -0.39 is 0 Å². The second kappa shape index (κ2) is 7.61. The predicted octanol–water partition coefficient (Wildman–Crippen LogP) is 2.04. The average Bonchev–Trinajstić information content (AvgIpc) is 3.19. The normalized spacial score (nSPS) is 15.4. The Kier molecular flexibility index (Phi) is 4.77. The molecule has 0 radical (unpaired) electrons. The standard InChI is InChI=1S/C23H24N6O2/c1-15-20(22(31)28-11-9-27(10-12-28)16(2)30)14-25-29(15)23-24-13-18-8-7-17-5-3-4-6-19(17)21(18)26-23/h3-6,13-14H,7-12H2,1-2H3. The zero-order valence-electron chi connectivity index (χ0n) is 17.7. The highest BCUT2D eigenvalue weighted by Gasteiger charge is 2.27. The zero-order valence-corrected chi connectivity index (χ0v) is 17.7. The summed E-state index contributed by atoms with van der Waals surface area (Å²) in [6.45, 7) is 5.58. The van der Waals surface area contributed by atoms with Crippen LogP contribution >= 0.6 is 0 Å². The first-order valence-electron chi connectivity index (χ1n) is 10.6. The van der Waals surface area contributed by atoms with Gasteiger partial charge in [-0.25, -0.2) is 14.6 Å². The minimum atomic E-state index is -0.0738. The molecule has 0 atom stereocenters. The molecule has 0 N–H and O–H groups in total. The maximum Gasteiger partial charge on any atom is 0.257 e. The smallest absolute Gasteiger partial charge is 0.257 e. The van der Waals surface area contributed by atoms with Crippen LogP contribution in [0.15, 0.2) is 36.7 Å². The van der Waals surface area contributed by atoms with Crippen molar-refractivity contribution in [1.29, 1.82) is 0 Å². The van der Waals surface area contributed by atoms with Gasteiger partial charge in [0.15, 0.2) is 0 Å². The van der Waals surface area contributed by atoms with E-state index in [2.05, 4.69) is 28.3 Å². The van der Waals surface area contributed by atoms with Crippen molar-refractivity contribution < 1.29 is 9.59 Å². The SMILES string of the molecule is CC(=O)N1CCN(C(=O)c2cnn(-c3ncc4c(n3)-c3ccccc3CC4)c2C)CC1.